The average molecular weight is 326 g/mol. The third-order valence-corrected chi connectivity index (χ3v) is 4.66. The van der Waals surface area contributed by atoms with Gasteiger partial charge in [0.15, 0.2) is 6.10 Å². The number of carbonyl (C=O) groups is 1. The molecule has 1 aromatic carbocycles. The Morgan fingerprint density at radius 2 is 2.00 bits per heavy atom. The molecule has 3 atom stereocenters. The van der Waals surface area contributed by atoms with Crippen molar-refractivity contribution >= 4 is 15.9 Å². The van der Waals surface area contributed by atoms with Crippen molar-refractivity contribution in [3.8, 4) is 0 Å². The third-order valence-electron chi connectivity index (χ3n) is 3.93. The SMILES string of the molecule is CS(=O)(=O)NC1CCCC1CNC(=O)[C@H](O)c1ccccc1. The summed E-state index contributed by atoms with van der Waals surface area (Å²) in [5, 5.41) is 12.7. The molecule has 3 N–H and O–H groups in total. The fraction of sp³-hybridized carbons (Fsp3) is 0.533. The summed E-state index contributed by atoms with van der Waals surface area (Å²) in [5.41, 5.74) is 0.539. The average Bonchev–Trinajstić information content (AvgIpc) is 2.90. The van der Waals surface area contributed by atoms with Crippen LogP contribution in [0.25, 0.3) is 0 Å². The van der Waals surface area contributed by atoms with Crippen molar-refractivity contribution < 1.29 is 18.3 Å². The molecular formula is C15H22N2O4S. The fourth-order valence-electron chi connectivity index (χ4n) is 2.83. The van der Waals surface area contributed by atoms with Crippen LogP contribution in [0.15, 0.2) is 30.3 Å². The van der Waals surface area contributed by atoms with Crippen LogP contribution in [0.1, 0.15) is 30.9 Å². The van der Waals surface area contributed by atoms with E-state index < -0.39 is 22.0 Å². The fourth-order valence-corrected chi connectivity index (χ4v) is 3.69. The first-order chi connectivity index (χ1) is 10.4. The second-order valence-electron chi connectivity index (χ2n) is 5.75. The van der Waals surface area contributed by atoms with Gasteiger partial charge in [0.05, 0.1) is 6.26 Å². The van der Waals surface area contributed by atoms with E-state index in [0.29, 0.717) is 12.1 Å². The lowest BCUT2D eigenvalue weighted by atomic mass is 10.0. The zero-order valence-corrected chi connectivity index (χ0v) is 13.3. The van der Waals surface area contributed by atoms with Gasteiger partial charge in [-0.05, 0) is 24.3 Å². The van der Waals surface area contributed by atoms with Gasteiger partial charge < -0.3 is 10.4 Å². The first-order valence-corrected chi connectivity index (χ1v) is 9.24. The topological polar surface area (TPSA) is 95.5 Å². The summed E-state index contributed by atoms with van der Waals surface area (Å²) in [6.07, 6.45) is 2.49. The van der Waals surface area contributed by atoms with Crippen molar-refractivity contribution in [1.29, 1.82) is 0 Å². The number of carbonyl (C=O) groups excluding carboxylic acids is 1. The highest BCUT2D eigenvalue weighted by atomic mass is 32.2. The van der Waals surface area contributed by atoms with Crippen molar-refractivity contribution in [1.82, 2.24) is 10.0 Å². The predicted molar refractivity (Wildman–Crippen MR) is 83.5 cm³/mol. The Bertz CT molecular complexity index is 603. The number of sulfonamides is 1. The Hall–Kier alpha value is -1.44. The van der Waals surface area contributed by atoms with Crippen LogP contribution in [-0.4, -0.2) is 38.3 Å². The molecule has 122 valence electrons. The van der Waals surface area contributed by atoms with Gasteiger partial charge in [-0.3, -0.25) is 4.79 Å². The number of hydrogen-bond donors (Lipinski definition) is 3. The lowest BCUT2D eigenvalue weighted by Crippen LogP contribution is -2.42. The van der Waals surface area contributed by atoms with Crippen molar-refractivity contribution in [2.75, 3.05) is 12.8 Å². The lowest BCUT2D eigenvalue weighted by Gasteiger charge is -2.21. The highest BCUT2D eigenvalue weighted by Crippen LogP contribution is 2.25. The molecule has 1 saturated carbocycles. The monoisotopic (exact) mass is 326 g/mol. The number of amides is 1. The van der Waals surface area contributed by atoms with E-state index >= 15 is 0 Å². The first-order valence-electron chi connectivity index (χ1n) is 7.35. The summed E-state index contributed by atoms with van der Waals surface area (Å²) in [4.78, 5) is 12.0. The van der Waals surface area contributed by atoms with Crippen LogP contribution >= 0.6 is 0 Å². The van der Waals surface area contributed by atoms with Crippen LogP contribution in [-0.2, 0) is 14.8 Å². The zero-order valence-electron chi connectivity index (χ0n) is 12.5. The Morgan fingerprint density at radius 3 is 2.64 bits per heavy atom. The number of nitrogens with one attached hydrogen (secondary N) is 2. The van der Waals surface area contributed by atoms with Crippen LogP contribution in [0.3, 0.4) is 0 Å². The maximum absolute atomic E-state index is 12.0. The maximum Gasteiger partial charge on any atom is 0.253 e. The van der Waals surface area contributed by atoms with E-state index in [1.54, 1.807) is 24.3 Å². The molecule has 0 spiro atoms. The number of aliphatic hydroxyl groups is 1. The number of aliphatic hydroxyl groups excluding tert-OH is 1. The molecule has 1 fully saturated rings. The molecule has 0 saturated heterocycles. The standard InChI is InChI=1S/C15H22N2O4S/c1-22(20,21)17-13-9-5-8-12(13)10-16-15(19)14(18)11-6-3-2-4-7-11/h2-4,6-7,12-14,17-18H,5,8-10H2,1H3,(H,16,19)/t12?,13?,14-/m1/s1. The molecule has 0 heterocycles. The van der Waals surface area contributed by atoms with Crippen LogP contribution in [0, 0.1) is 5.92 Å². The number of benzene rings is 1. The summed E-state index contributed by atoms with van der Waals surface area (Å²) >= 11 is 0. The van der Waals surface area contributed by atoms with Gasteiger partial charge in [0.25, 0.3) is 5.91 Å². The molecule has 0 aromatic heterocycles. The summed E-state index contributed by atoms with van der Waals surface area (Å²) in [5.74, 6) is -0.405. The van der Waals surface area contributed by atoms with Crippen molar-refractivity contribution in [3.05, 3.63) is 35.9 Å². The van der Waals surface area contributed by atoms with Gasteiger partial charge in [0.1, 0.15) is 0 Å². The maximum atomic E-state index is 12.0. The van der Waals surface area contributed by atoms with Crippen LogP contribution in [0.2, 0.25) is 0 Å². The van der Waals surface area contributed by atoms with Crippen LogP contribution in [0.4, 0.5) is 0 Å². The second kappa shape index (κ2) is 7.21. The molecule has 1 aliphatic rings. The Balaban J connectivity index is 1.88. The minimum atomic E-state index is -3.25. The normalized spacial score (nSPS) is 23.2. The molecule has 0 radical (unpaired) electrons. The smallest absolute Gasteiger partial charge is 0.253 e. The van der Waals surface area contributed by atoms with Gasteiger partial charge in [-0.2, -0.15) is 0 Å². The summed E-state index contributed by atoms with van der Waals surface area (Å²) in [6, 6.07) is 8.56. The third kappa shape index (κ3) is 4.79. The van der Waals surface area contributed by atoms with Gasteiger partial charge in [0.2, 0.25) is 10.0 Å². The minimum Gasteiger partial charge on any atom is -0.378 e. The lowest BCUT2D eigenvalue weighted by molar-refractivity contribution is -0.129. The van der Waals surface area contributed by atoms with E-state index in [1.807, 2.05) is 6.07 Å². The van der Waals surface area contributed by atoms with E-state index in [4.69, 9.17) is 0 Å². The Morgan fingerprint density at radius 1 is 1.32 bits per heavy atom. The second-order valence-corrected chi connectivity index (χ2v) is 7.53. The molecule has 7 heteroatoms. The number of rotatable bonds is 6. The van der Waals surface area contributed by atoms with Gasteiger partial charge in [-0.1, -0.05) is 36.8 Å². The van der Waals surface area contributed by atoms with Crippen molar-refractivity contribution in [2.45, 2.75) is 31.4 Å². The summed E-state index contributed by atoms with van der Waals surface area (Å²) in [6.45, 7) is 0.357. The zero-order chi connectivity index (χ0) is 16.2. The summed E-state index contributed by atoms with van der Waals surface area (Å²) < 4.78 is 25.3. The van der Waals surface area contributed by atoms with E-state index in [0.717, 1.165) is 25.5 Å². The van der Waals surface area contributed by atoms with Crippen molar-refractivity contribution in [3.63, 3.8) is 0 Å². The molecule has 0 aliphatic heterocycles. The molecule has 6 nitrogen and oxygen atoms in total. The number of hydrogen-bond acceptors (Lipinski definition) is 4. The van der Waals surface area contributed by atoms with Gasteiger partial charge in [-0.25, -0.2) is 13.1 Å². The highest BCUT2D eigenvalue weighted by molar-refractivity contribution is 7.88. The largest absolute Gasteiger partial charge is 0.378 e. The van der Waals surface area contributed by atoms with E-state index in [-0.39, 0.29) is 12.0 Å². The first kappa shape index (κ1) is 16.9. The summed E-state index contributed by atoms with van der Waals surface area (Å²) in [7, 11) is -3.25. The van der Waals surface area contributed by atoms with Crippen LogP contribution in [0.5, 0.6) is 0 Å². The quantitative estimate of drug-likeness (QED) is 0.711. The van der Waals surface area contributed by atoms with E-state index in [1.165, 1.54) is 0 Å². The predicted octanol–water partition coefficient (Wildman–Crippen LogP) is 0.554. The van der Waals surface area contributed by atoms with E-state index in [9.17, 15) is 18.3 Å². The van der Waals surface area contributed by atoms with Crippen LogP contribution < -0.4 is 10.0 Å². The highest BCUT2D eigenvalue weighted by Gasteiger charge is 2.30. The van der Waals surface area contributed by atoms with Gasteiger partial charge in [0, 0.05) is 12.6 Å². The Labute approximate surface area is 131 Å². The van der Waals surface area contributed by atoms with E-state index in [2.05, 4.69) is 10.0 Å². The Kier molecular flexibility index (Phi) is 5.55. The molecule has 2 unspecified atom stereocenters. The molecule has 1 aromatic rings. The molecular weight excluding hydrogens is 304 g/mol. The molecule has 0 bridgehead atoms. The van der Waals surface area contributed by atoms with Crippen molar-refractivity contribution in [2.24, 2.45) is 5.92 Å². The molecule has 2 rings (SSSR count). The van der Waals surface area contributed by atoms with Gasteiger partial charge in [-0.15, -0.1) is 0 Å². The van der Waals surface area contributed by atoms with Gasteiger partial charge >= 0.3 is 0 Å². The molecule has 1 aliphatic carbocycles. The minimum absolute atomic E-state index is 0.0571. The molecule has 22 heavy (non-hydrogen) atoms. The molecule has 1 amide bonds.